The van der Waals surface area contributed by atoms with Crippen molar-refractivity contribution in [1.82, 2.24) is 9.97 Å². The van der Waals surface area contributed by atoms with Crippen LogP contribution < -0.4 is 0 Å². The van der Waals surface area contributed by atoms with Crippen molar-refractivity contribution < 1.29 is 4.42 Å². The largest absolute Gasteiger partial charge is 0.455 e. The van der Waals surface area contributed by atoms with E-state index < -0.39 is 0 Å². The Kier molecular flexibility index (Phi) is 4.33. The first kappa shape index (κ1) is 21.5. The van der Waals surface area contributed by atoms with E-state index in [1.165, 1.54) is 27.8 Å². The second kappa shape index (κ2) is 8.05. The summed E-state index contributed by atoms with van der Waals surface area (Å²) in [6.07, 6.45) is 0. The predicted molar refractivity (Wildman–Crippen MR) is 164 cm³/mol. The van der Waals surface area contributed by atoms with Gasteiger partial charge in [0, 0.05) is 21.9 Å². The summed E-state index contributed by atoms with van der Waals surface area (Å²) < 4.78 is 6.64. The molecule has 1 aliphatic rings. The van der Waals surface area contributed by atoms with Crippen LogP contribution in [0.4, 0.5) is 0 Å². The molecule has 0 bridgehead atoms. The van der Waals surface area contributed by atoms with Crippen LogP contribution in [0.15, 0.2) is 132 Å². The van der Waals surface area contributed by atoms with Crippen LogP contribution in [0, 0.1) is 0 Å². The number of fused-ring (bicyclic) bond motifs is 13. The van der Waals surface area contributed by atoms with Crippen molar-refractivity contribution in [2.45, 2.75) is 0 Å². The Bertz CT molecular complexity index is 2250. The Morgan fingerprint density at radius 1 is 0.500 bits per heavy atom. The van der Waals surface area contributed by atoms with Crippen LogP contribution in [0.3, 0.4) is 0 Å². The van der Waals surface area contributed by atoms with E-state index in [1.54, 1.807) is 0 Å². The first-order chi connectivity index (χ1) is 19.8. The maximum Gasteiger partial charge on any atom is 0.143 e. The standard InChI is InChI=1S/C37H22N2O/c1-2-10-24-23(9-1)25-11-3-4-13-28(25)35-29(19-20-30-27-12-5-8-16-34(27)40-36(30)35)31-21-22(17-18-26(24)31)37-38-32-14-6-7-15-33(32)39-37/h1-21H,(H,38,39). The van der Waals surface area contributed by atoms with Gasteiger partial charge in [-0.25, -0.2) is 4.98 Å². The van der Waals surface area contributed by atoms with Crippen molar-refractivity contribution in [2.24, 2.45) is 0 Å². The highest BCUT2D eigenvalue weighted by atomic mass is 16.3. The highest BCUT2D eigenvalue weighted by Gasteiger charge is 2.26. The summed E-state index contributed by atoms with van der Waals surface area (Å²) in [7, 11) is 0. The van der Waals surface area contributed by atoms with Gasteiger partial charge in [-0.15, -0.1) is 0 Å². The average Bonchev–Trinajstić information content (AvgIpc) is 3.62. The fourth-order valence-electron chi connectivity index (χ4n) is 6.41. The first-order valence-corrected chi connectivity index (χ1v) is 13.6. The first-order valence-electron chi connectivity index (χ1n) is 13.6. The Morgan fingerprint density at radius 2 is 1.15 bits per heavy atom. The van der Waals surface area contributed by atoms with E-state index in [9.17, 15) is 0 Å². The molecule has 0 spiro atoms. The van der Waals surface area contributed by atoms with Gasteiger partial charge in [-0.3, -0.25) is 0 Å². The number of aromatic nitrogens is 2. The molecule has 0 amide bonds. The Morgan fingerprint density at radius 3 is 1.98 bits per heavy atom. The molecule has 1 N–H and O–H groups in total. The number of benzene rings is 6. The molecule has 3 nitrogen and oxygen atoms in total. The molecule has 0 unspecified atom stereocenters. The molecule has 0 atom stereocenters. The lowest BCUT2D eigenvalue weighted by Crippen LogP contribution is -1.98. The van der Waals surface area contributed by atoms with E-state index in [4.69, 9.17) is 9.40 Å². The van der Waals surface area contributed by atoms with Crippen LogP contribution in [0.25, 0.3) is 88.9 Å². The molecule has 2 aromatic heterocycles. The minimum Gasteiger partial charge on any atom is -0.455 e. The van der Waals surface area contributed by atoms with E-state index in [0.717, 1.165) is 61.1 Å². The van der Waals surface area contributed by atoms with Gasteiger partial charge < -0.3 is 9.40 Å². The molecule has 0 fully saturated rings. The zero-order chi connectivity index (χ0) is 26.2. The molecule has 0 saturated heterocycles. The molecule has 40 heavy (non-hydrogen) atoms. The number of furan rings is 1. The molecule has 6 aromatic carbocycles. The summed E-state index contributed by atoms with van der Waals surface area (Å²) in [5.74, 6) is 0.867. The summed E-state index contributed by atoms with van der Waals surface area (Å²) in [5.41, 5.74) is 14.3. The van der Waals surface area contributed by atoms with Crippen LogP contribution in [0.5, 0.6) is 0 Å². The molecule has 186 valence electrons. The lowest BCUT2D eigenvalue weighted by atomic mass is 9.80. The maximum atomic E-state index is 6.64. The molecule has 0 saturated carbocycles. The van der Waals surface area contributed by atoms with Crippen molar-refractivity contribution in [1.29, 1.82) is 0 Å². The number of imidazole rings is 1. The van der Waals surface area contributed by atoms with Gasteiger partial charge in [0.2, 0.25) is 0 Å². The van der Waals surface area contributed by atoms with Crippen LogP contribution >= 0.6 is 0 Å². The summed E-state index contributed by atoms with van der Waals surface area (Å²) in [4.78, 5) is 8.44. The molecule has 9 rings (SSSR count). The van der Waals surface area contributed by atoms with Gasteiger partial charge in [-0.05, 0) is 69.3 Å². The number of H-pyrrole nitrogens is 1. The van der Waals surface area contributed by atoms with E-state index in [0.29, 0.717) is 0 Å². The van der Waals surface area contributed by atoms with E-state index in [1.807, 2.05) is 24.3 Å². The van der Waals surface area contributed by atoms with Crippen LogP contribution in [0.2, 0.25) is 0 Å². The topological polar surface area (TPSA) is 41.8 Å². The smallest absolute Gasteiger partial charge is 0.143 e. The third-order valence-corrected chi connectivity index (χ3v) is 8.22. The van der Waals surface area contributed by atoms with Gasteiger partial charge in [-0.1, -0.05) is 97.1 Å². The van der Waals surface area contributed by atoms with Gasteiger partial charge in [0.15, 0.2) is 0 Å². The fourth-order valence-corrected chi connectivity index (χ4v) is 6.41. The number of para-hydroxylation sites is 3. The third-order valence-electron chi connectivity index (χ3n) is 8.22. The van der Waals surface area contributed by atoms with Crippen LogP contribution in [-0.2, 0) is 0 Å². The van der Waals surface area contributed by atoms with Crippen molar-refractivity contribution >= 4 is 33.0 Å². The number of nitrogens with one attached hydrogen (secondary N) is 1. The number of aromatic amines is 1. The monoisotopic (exact) mass is 510 g/mol. The maximum absolute atomic E-state index is 6.64. The van der Waals surface area contributed by atoms with Gasteiger partial charge in [0.1, 0.15) is 17.0 Å². The number of hydrogen-bond acceptors (Lipinski definition) is 2. The van der Waals surface area contributed by atoms with Gasteiger partial charge in [0.25, 0.3) is 0 Å². The van der Waals surface area contributed by atoms with Crippen LogP contribution in [-0.4, -0.2) is 9.97 Å². The Balaban J connectivity index is 1.43. The highest BCUT2D eigenvalue weighted by molar-refractivity contribution is 6.16. The molecular formula is C37H22N2O. The fraction of sp³-hybridized carbons (Fsp3) is 0. The van der Waals surface area contributed by atoms with E-state index in [2.05, 4.69) is 108 Å². The number of rotatable bonds is 1. The normalized spacial score (nSPS) is 12.0. The summed E-state index contributed by atoms with van der Waals surface area (Å²) >= 11 is 0. The van der Waals surface area contributed by atoms with Crippen molar-refractivity contribution in [3.63, 3.8) is 0 Å². The van der Waals surface area contributed by atoms with Gasteiger partial charge in [-0.2, -0.15) is 0 Å². The third kappa shape index (κ3) is 2.97. The quantitative estimate of drug-likeness (QED) is 0.239. The van der Waals surface area contributed by atoms with Crippen molar-refractivity contribution in [2.75, 3.05) is 0 Å². The molecule has 2 heterocycles. The van der Waals surface area contributed by atoms with Crippen molar-refractivity contribution in [3.05, 3.63) is 127 Å². The number of nitrogens with zero attached hydrogens (tertiary/aromatic N) is 1. The van der Waals surface area contributed by atoms with Gasteiger partial charge >= 0.3 is 0 Å². The van der Waals surface area contributed by atoms with Crippen LogP contribution in [0.1, 0.15) is 0 Å². The highest BCUT2D eigenvalue weighted by Crippen LogP contribution is 2.51. The molecule has 0 radical (unpaired) electrons. The molecule has 8 aromatic rings. The second-order valence-electron chi connectivity index (χ2n) is 10.4. The molecular weight excluding hydrogens is 488 g/mol. The Hall–Kier alpha value is -5.41. The molecule has 0 aliphatic heterocycles. The van der Waals surface area contributed by atoms with Gasteiger partial charge in [0.05, 0.1) is 11.0 Å². The van der Waals surface area contributed by atoms with E-state index in [-0.39, 0.29) is 0 Å². The summed E-state index contributed by atoms with van der Waals surface area (Å²) in [6, 6.07) is 45.1. The minimum absolute atomic E-state index is 0.867. The lowest BCUT2D eigenvalue weighted by Gasteiger charge is -2.23. The lowest BCUT2D eigenvalue weighted by molar-refractivity contribution is 0.670. The zero-order valence-corrected chi connectivity index (χ0v) is 21.5. The number of hydrogen-bond donors (Lipinski definition) is 1. The summed E-state index contributed by atoms with van der Waals surface area (Å²) in [5, 5.41) is 2.27. The minimum atomic E-state index is 0.867. The second-order valence-corrected chi connectivity index (χ2v) is 10.4. The van der Waals surface area contributed by atoms with E-state index >= 15 is 0 Å². The summed E-state index contributed by atoms with van der Waals surface area (Å²) in [6.45, 7) is 0. The zero-order valence-electron chi connectivity index (χ0n) is 21.5. The molecule has 3 heteroatoms. The average molecular weight is 511 g/mol. The molecule has 1 aliphatic carbocycles. The SMILES string of the molecule is c1ccc2c(c1)-c1ccc(-c3nc4ccccc4[nH]3)cc1-c1ccc3c(oc4ccccc43)c1-c1ccccc1-2. The Labute approximate surface area is 230 Å². The predicted octanol–water partition coefficient (Wildman–Crippen LogP) is 10.1. The van der Waals surface area contributed by atoms with Crippen molar-refractivity contribution in [3.8, 4) is 55.9 Å².